The molecule has 1 aromatic heterocycles. The predicted octanol–water partition coefficient (Wildman–Crippen LogP) is 0.776. The van der Waals surface area contributed by atoms with Gasteiger partial charge < -0.3 is 15.4 Å². The molecule has 1 heterocycles. The van der Waals surface area contributed by atoms with Gasteiger partial charge in [-0.3, -0.25) is 9.78 Å². The zero-order valence-electron chi connectivity index (χ0n) is 9.69. The lowest BCUT2D eigenvalue weighted by Crippen LogP contribution is -2.35. The van der Waals surface area contributed by atoms with E-state index in [9.17, 15) is 9.59 Å². The molecule has 1 aromatic rings. The zero-order valence-corrected chi connectivity index (χ0v) is 10.4. The summed E-state index contributed by atoms with van der Waals surface area (Å²) in [6.45, 7) is 0.756. The molecule has 2 N–H and O–H groups in total. The summed E-state index contributed by atoms with van der Waals surface area (Å²) in [5.74, 6) is 0.0181. The van der Waals surface area contributed by atoms with E-state index in [1.807, 2.05) is 0 Å². The van der Waals surface area contributed by atoms with Crippen molar-refractivity contribution in [2.24, 2.45) is 0 Å². The van der Waals surface area contributed by atoms with Crippen molar-refractivity contribution in [3.05, 3.63) is 30.1 Å². The highest BCUT2D eigenvalue weighted by Crippen LogP contribution is 1.94. The Hall–Kier alpha value is -1.82. The van der Waals surface area contributed by atoms with Crippen molar-refractivity contribution in [3.63, 3.8) is 0 Å². The van der Waals surface area contributed by atoms with Gasteiger partial charge in [0, 0.05) is 25.5 Å². The van der Waals surface area contributed by atoms with E-state index in [1.165, 1.54) is 6.20 Å². The third-order valence-electron chi connectivity index (χ3n) is 1.91. The van der Waals surface area contributed by atoms with Gasteiger partial charge in [0.1, 0.15) is 6.61 Å². The van der Waals surface area contributed by atoms with Gasteiger partial charge in [0.15, 0.2) is 0 Å². The normalized spacial score (nSPS) is 9.61. The molecule has 0 saturated carbocycles. The first-order valence-corrected chi connectivity index (χ1v) is 5.92. The van der Waals surface area contributed by atoms with Crippen LogP contribution in [0.5, 0.6) is 0 Å². The molecule has 2 amide bonds. The van der Waals surface area contributed by atoms with Crippen LogP contribution in [0.1, 0.15) is 10.4 Å². The second-order valence-electron chi connectivity index (χ2n) is 3.25. The van der Waals surface area contributed by atoms with Gasteiger partial charge >= 0.3 is 6.09 Å². The first-order chi connectivity index (χ1) is 8.74. The largest absolute Gasteiger partial charge is 0.448 e. The Labute approximate surface area is 110 Å². The Balaban J connectivity index is 2.15. The maximum absolute atomic E-state index is 11.5. The molecular formula is C11H14ClN3O3. The molecule has 0 aliphatic heterocycles. The van der Waals surface area contributed by atoms with E-state index in [1.54, 1.807) is 18.3 Å². The van der Waals surface area contributed by atoms with Crippen LogP contribution >= 0.6 is 11.6 Å². The molecule has 18 heavy (non-hydrogen) atoms. The topological polar surface area (TPSA) is 80.3 Å². The molecule has 0 radical (unpaired) electrons. The number of hydrogen-bond acceptors (Lipinski definition) is 4. The lowest BCUT2D eigenvalue weighted by molar-refractivity contribution is 0.0952. The molecule has 0 atom stereocenters. The Morgan fingerprint density at radius 3 is 2.78 bits per heavy atom. The number of hydrogen-bond donors (Lipinski definition) is 2. The monoisotopic (exact) mass is 271 g/mol. The van der Waals surface area contributed by atoms with Crippen molar-refractivity contribution in [3.8, 4) is 0 Å². The molecule has 0 aromatic carbocycles. The minimum atomic E-state index is -0.550. The second kappa shape index (κ2) is 8.30. The molecule has 1 rings (SSSR count). The van der Waals surface area contributed by atoms with Crippen LogP contribution in [-0.2, 0) is 4.74 Å². The van der Waals surface area contributed by atoms with E-state index in [4.69, 9.17) is 11.6 Å². The Morgan fingerprint density at radius 1 is 1.33 bits per heavy atom. The quantitative estimate of drug-likeness (QED) is 0.592. The van der Waals surface area contributed by atoms with Crippen molar-refractivity contribution in [1.82, 2.24) is 15.6 Å². The highest BCUT2D eigenvalue weighted by molar-refractivity contribution is 6.18. The number of pyridine rings is 1. The smallest absolute Gasteiger partial charge is 0.407 e. The number of nitrogens with one attached hydrogen (secondary N) is 2. The van der Waals surface area contributed by atoms with E-state index < -0.39 is 6.09 Å². The van der Waals surface area contributed by atoms with Gasteiger partial charge in [-0.15, -0.1) is 11.6 Å². The summed E-state index contributed by atoms with van der Waals surface area (Å²) in [5, 5.41) is 5.11. The van der Waals surface area contributed by atoms with Crippen molar-refractivity contribution in [2.75, 3.05) is 25.6 Å². The van der Waals surface area contributed by atoms with E-state index in [0.717, 1.165) is 0 Å². The molecule has 0 aliphatic carbocycles. The standard InChI is InChI=1S/C11H14ClN3O3/c12-3-7-18-11(17)15-6-5-14-10(16)9-2-1-4-13-8-9/h1-2,4,8H,3,5-7H2,(H,14,16)(H,15,17). The molecule has 0 spiro atoms. The van der Waals surface area contributed by atoms with Gasteiger partial charge in [0.05, 0.1) is 11.4 Å². The second-order valence-corrected chi connectivity index (χ2v) is 3.63. The average molecular weight is 272 g/mol. The molecule has 0 saturated heterocycles. The SMILES string of the molecule is O=C(NCCNC(=O)c1cccnc1)OCCCl. The third kappa shape index (κ3) is 5.49. The number of amides is 2. The maximum atomic E-state index is 11.5. The summed E-state index contributed by atoms with van der Waals surface area (Å²) >= 11 is 5.35. The fraction of sp³-hybridized carbons (Fsp3) is 0.364. The summed E-state index contributed by atoms with van der Waals surface area (Å²) in [4.78, 5) is 26.4. The minimum absolute atomic E-state index is 0.162. The van der Waals surface area contributed by atoms with Gasteiger partial charge in [-0.05, 0) is 12.1 Å². The average Bonchev–Trinajstić information content (AvgIpc) is 2.42. The van der Waals surface area contributed by atoms with Gasteiger partial charge in [0.2, 0.25) is 0 Å². The summed E-state index contributed by atoms with van der Waals surface area (Å²) in [6.07, 6.45) is 2.51. The van der Waals surface area contributed by atoms with Crippen LogP contribution in [0.3, 0.4) is 0 Å². The number of ether oxygens (including phenoxy) is 1. The number of halogens is 1. The highest BCUT2D eigenvalue weighted by atomic mass is 35.5. The summed E-state index contributed by atoms with van der Waals surface area (Å²) < 4.78 is 4.68. The number of nitrogens with zero attached hydrogens (tertiary/aromatic N) is 1. The van der Waals surface area contributed by atoms with Gasteiger partial charge in [-0.25, -0.2) is 4.79 Å². The lowest BCUT2D eigenvalue weighted by Gasteiger charge is -2.07. The minimum Gasteiger partial charge on any atom is -0.448 e. The zero-order chi connectivity index (χ0) is 13.2. The summed E-state index contributed by atoms with van der Waals surface area (Å²) in [7, 11) is 0. The summed E-state index contributed by atoms with van der Waals surface area (Å²) in [6, 6.07) is 3.33. The van der Waals surface area contributed by atoms with Crippen molar-refractivity contribution in [2.45, 2.75) is 0 Å². The van der Waals surface area contributed by atoms with Crippen LogP contribution < -0.4 is 10.6 Å². The Kier molecular flexibility index (Phi) is 6.56. The van der Waals surface area contributed by atoms with Crippen LogP contribution in [0.4, 0.5) is 4.79 Å². The molecule has 0 bridgehead atoms. The predicted molar refractivity (Wildman–Crippen MR) is 66.6 cm³/mol. The fourth-order valence-electron chi connectivity index (χ4n) is 1.12. The Morgan fingerprint density at radius 2 is 2.11 bits per heavy atom. The van der Waals surface area contributed by atoms with Gasteiger partial charge in [0.25, 0.3) is 5.91 Å². The number of carbonyl (C=O) groups is 2. The molecule has 6 nitrogen and oxygen atoms in total. The van der Waals surface area contributed by atoms with Gasteiger partial charge in [-0.2, -0.15) is 0 Å². The molecule has 0 aliphatic rings. The van der Waals surface area contributed by atoms with Gasteiger partial charge in [-0.1, -0.05) is 0 Å². The van der Waals surface area contributed by atoms with Crippen LogP contribution in [0.2, 0.25) is 0 Å². The molecule has 7 heteroatoms. The summed E-state index contributed by atoms with van der Waals surface area (Å²) in [5.41, 5.74) is 0.474. The maximum Gasteiger partial charge on any atom is 0.407 e. The molecule has 0 unspecified atom stereocenters. The van der Waals surface area contributed by atoms with Crippen molar-refractivity contribution in [1.29, 1.82) is 0 Å². The number of carbonyl (C=O) groups excluding carboxylic acids is 2. The van der Waals surface area contributed by atoms with Crippen LogP contribution in [-0.4, -0.2) is 42.6 Å². The van der Waals surface area contributed by atoms with Crippen molar-refractivity contribution >= 4 is 23.6 Å². The highest BCUT2D eigenvalue weighted by Gasteiger charge is 2.04. The van der Waals surface area contributed by atoms with Crippen LogP contribution in [0, 0.1) is 0 Å². The van der Waals surface area contributed by atoms with E-state index in [2.05, 4.69) is 20.4 Å². The first kappa shape index (κ1) is 14.2. The lowest BCUT2D eigenvalue weighted by atomic mass is 10.3. The van der Waals surface area contributed by atoms with Crippen LogP contribution in [0.25, 0.3) is 0 Å². The fourth-order valence-corrected chi connectivity index (χ4v) is 1.20. The van der Waals surface area contributed by atoms with E-state index in [-0.39, 0.29) is 24.9 Å². The number of alkyl halides is 1. The van der Waals surface area contributed by atoms with Crippen molar-refractivity contribution < 1.29 is 14.3 Å². The molecule has 0 fully saturated rings. The number of rotatable bonds is 6. The third-order valence-corrected chi connectivity index (χ3v) is 2.07. The van der Waals surface area contributed by atoms with E-state index >= 15 is 0 Å². The number of aromatic nitrogens is 1. The number of alkyl carbamates (subject to hydrolysis) is 1. The van der Waals surface area contributed by atoms with E-state index in [0.29, 0.717) is 12.1 Å². The molecular weight excluding hydrogens is 258 g/mol. The molecule has 98 valence electrons. The van der Waals surface area contributed by atoms with Crippen LogP contribution in [0.15, 0.2) is 24.5 Å². The first-order valence-electron chi connectivity index (χ1n) is 5.39. The Bertz CT molecular complexity index is 386.